The number of hydrogen-bond donors (Lipinski definition) is 0. The summed E-state index contributed by atoms with van der Waals surface area (Å²) in [6.07, 6.45) is 1.54. The van der Waals surface area contributed by atoms with Crippen LogP contribution in [0.4, 0.5) is 0 Å². The Hall–Kier alpha value is -6.40. The predicted molar refractivity (Wildman–Crippen MR) is 194 cm³/mol. The number of nitrogens with zero attached hydrogens (tertiary/aromatic N) is 4. The van der Waals surface area contributed by atoms with Crippen molar-refractivity contribution in [1.29, 1.82) is 0 Å². The van der Waals surface area contributed by atoms with Gasteiger partial charge in [0.05, 0.1) is 0 Å². The van der Waals surface area contributed by atoms with Gasteiger partial charge in [0.1, 0.15) is 16.7 Å². The van der Waals surface area contributed by atoms with Gasteiger partial charge in [-0.2, -0.15) is 0 Å². The second-order valence-corrected chi connectivity index (χ2v) is 13.1. The second-order valence-electron chi connectivity index (χ2n) is 13.1. The first-order chi connectivity index (χ1) is 24.0. The minimum Gasteiger partial charge on any atom is -0.456 e. The van der Waals surface area contributed by atoms with Crippen molar-refractivity contribution < 1.29 is 8.83 Å². The number of para-hydroxylation sites is 1. The molecule has 3 heterocycles. The normalized spacial score (nSPS) is 13.3. The zero-order valence-electron chi connectivity index (χ0n) is 26.8. The van der Waals surface area contributed by atoms with Crippen molar-refractivity contribution in [3.63, 3.8) is 0 Å². The fourth-order valence-corrected chi connectivity index (χ4v) is 7.54. The molecule has 0 spiro atoms. The molecule has 0 saturated carbocycles. The van der Waals surface area contributed by atoms with Gasteiger partial charge in [-0.1, -0.05) is 111 Å². The number of fused-ring (bicyclic) bond motifs is 8. The molecule has 0 atom stereocenters. The van der Waals surface area contributed by atoms with E-state index >= 15 is 0 Å². The van der Waals surface area contributed by atoms with Crippen molar-refractivity contribution in [2.24, 2.45) is 0 Å². The van der Waals surface area contributed by atoms with Gasteiger partial charge in [0, 0.05) is 32.9 Å². The average molecular weight is 633 g/mol. The lowest BCUT2D eigenvalue weighted by Crippen LogP contribution is -2.15. The van der Waals surface area contributed by atoms with E-state index in [1.807, 2.05) is 78.9 Å². The van der Waals surface area contributed by atoms with Crippen LogP contribution in [-0.2, 0) is 5.41 Å². The van der Waals surface area contributed by atoms with E-state index in [-0.39, 0.29) is 5.41 Å². The van der Waals surface area contributed by atoms with Gasteiger partial charge in [-0.25, -0.2) is 19.9 Å². The highest BCUT2D eigenvalue weighted by atomic mass is 16.3. The van der Waals surface area contributed by atoms with Gasteiger partial charge in [-0.15, -0.1) is 0 Å². The van der Waals surface area contributed by atoms with Crippen molar-refractivity contribution in [3.8, 4) is 56.4 Å². The molecule has 0 aliphatic heterocycles. The van der Waals surface area contributed by atoms with Crippen LogP contribution >= 0.6 is 0 Å². The largest absolute Gasteiger partial charge is 0.456 e. The summed E-state index contributed by atoms with van der Waals surface area (Å²) in [6.45, 7) is 4.55. The minimum atomic E-state index is -0.282. The molecule has 0 saturated heterocycles. The summed E-state index contributed by atoms with van der Waals surface area (Å²) in [7, 11) is 0. The average Bonchev–Trinajstić information content (AvgIpc) is 3.84. The first kappa shape index (κ1) is 27.7. The third kappa shape index (κ3) is 4.20. The molecule has 49 heavy (non-hydrogen) atoms. The Kier molecular flexibility index (Phi) is 5.82. The molecular formula is C43H28N4O2. The molecule has 232 valence electrons. The van der Waals surface area contributed by atoms with E-state index in [1.54, 1.807) is 0 Å². The SMILES string of the molecule is CC1(C)c2cc(-c3cc(-c4nc(-c5ccccc5)nc(-c5ccccc5)n4)cc4oc5ccccc5c34)ccc2-c2ccc3ocnc3c21. The highest BCUT2D eigenvalue weighted by molar-refractivity contribution is 6.14. The van der Waals surface area contributed by atoms with Gasteiger partial charge >= 0.3 is 0 Å². The Labute approximate surface area is 281 Å². The Morgan fingerprint density at radius 2 is 1.16 bits per heavy atom. The van der Waals surface area contributed by atoms with Crippen LogP contribution in [0.5, 0.6) is 0 Å². The first-order valence-corrected chi connectivity index (χ1v) is 16.4. The quantitative estimate of drug-likeness (QED) is 0.192. The molecule has 0 amide bonds. The van der Waals surface area contributed by atoms with Crippen LogP contribution in [0.15, 0.2) is 143 Å². The van der Waals surface area contributed by atoms with Crippen LogP contribution in [0, 0.1) is 0 Å². The smallest absolute Gasteiger partial charge is 0.181 e. The molecular weight excluding hydrogens is 604 g/mol. The van der Waals surface area contributed by atoms with E-state index in [9.17, 15) is 0 Å². The monoisotopic (exact) mass is 632 g/mol. The minimum absolute atomic E-state index is 0.282. The van der Waals surface area contributed by atoms with Crippen LogP contribution in [-0.4, -0.2) is 19.9 Å². The summed E-state index contributed by atoms with van der Waals surface area (Å²) in [4.78, 5) is 19.6. The number of hydrogen-bond acceptors (Lipinski definition) is 6. The van der Waals surface area contributed by atoms with E-state index in [2.05, 4.69) is 67.4 Å². The molecule has 0 N–H and O–H groups in total. The number of aromatic nitrogens is 4. The standard InChI is InChI=1S/C43H28N4O2/c1-43(2)33-22-27(17-18-29(33)30-19-20-35-39(38(30)43)44-24-48-35)32-21-28(23-36-37(32)31-15-9-10-16-34(31)49-36)42-46-40(25-11-5-3-6-12-25)45-41(47-42)26-13-7-4-8-14-26/h3-24H,1-2H3. The van der Waals surface area contributed by atoms with E-state index in [4.69, 9.17) is 23.8 Å². The van der Waals surface area contributed by atoms with Crippen LogP contribution in [0.1, 0.15) is 25.0 Å². The van der Waals surface area contributed by atoms with E-state index < -0.39 is 0 Å². The van der Waals surface area contributed by atoms with E-state index in [0.29, 0.717) is 17.5 Å². The zero-order chi connectivity index (χ0) is 32.7. The third-order valence-electron chi connectivity index (χ3n) is 9.86. The lowest BCUT2D eigenvalue weighted by Gasteiger charge is -2.22. The molecule has 0 radical (unpaired) electrons. The maximum absolute atomic E-state index is 6.54. The lowest BCUT2D eigenvalue weighted by molar-refractivity contribution is 0.602. The molecule has 0 fully saturated rings. The fraction of sp³-hybridized carbons (Fsp3) is 0.0698. The zero-order valence-corrected chi connectivity index (χ0v) is 26.8. The molecule has 6 heteroatoms. The number of furan rings is 1. The molecule has 10 rings (SSSR count). The molecule has 1 aliphatic rings. The number of oxazole rings is 1. The van der Waals surface area contributed by atoms with Gasteiger partial charge < -0.3 is 8.83 Å². The van der Waals surface area contributed by atoms with E-state index in [1.165, 1.54) is 28.6 Å². The molecule has 3 aromatic heterocycles. The van der Waals surface area contributed by atoms with Crippen molar-refractivity contribution in [2.45, 2.75) is 19.3 Å². The second kappa shape index (κ2) is 10.3. The molecule has 6 aromatic carbocycles. The van der Waals surface area contributed by atoms with E-state index in [0.717, 1.165) is 60.9 Å². The maximum atomic E-state index is 6.54. The third-order valence-corrected chi connectivity index (χ3v) is 9.86. The van der Waals surface area contributed by atoms with Gasteiger partial charge in [0.2, 0.25) is 0 Å². The first-order valence-electron chi connectivity index (χ1n) is 16.4. The number of benzene rings is 6. The number of rotatable bonds is 4. The molecule has 6 nitrogen and oxygen atoms in total. The molecule has 9 aromatic rings. The fourth-order valence-electron chi connectivity index (χ4n) is 7.54. The molecule has 0 unspecified atom stereocenters. The van der Waals surface area contributed by atoms with Crippen molar-refractivity contribution in [1.82, 2.24) is 19.9 Å². The summed E-state index contributed by atoms with van der Waals surface area (Å²) in [6, 6.07) is 43.6. The maximum Gasteiger partial charge on any atom is 0.181 e. The Morgan fingerprint density at radius 3 is 1.90 bits per heavy atom. The van der Waals surface area contributed by atoms with Gasteiger partial charge in [0.15, 0.2) is 29.4 Å². The summed E-state index contributed by atoms with van der Waals surface area (Å²) in [5.41, 5.74) is 12.8. The van der Waals surface area contributed by atoms with Crippen LogP contribution in [0.2, 0.25) is 0 Å². The van der Waals surface area contributed by atoms with Gasteiger partial charge in [0.25, 0.3) is 0 Å². The molecule has 1 aliphatic carbocycles. The van der Waals surface area contributed by atoms with Crippen molar-refractivity contribution >= 4 is 33.0 Å². The topological polar surface area (TPSA) is 77.8 Å². The summed E-state index contributed by atoms with van der Waals surface area (Å²) in [5.74, 6) is 1.82. The van der Waals surface area contributed by atoms with Crippen molar-refractivity contribution in [3.05, 3.63) is 145 Å². The Bertz CT molecular complexity index is 2690. The molecule has 0 bridgehead atoms. The summed E-state index contributed by atoms with van der Waals surface area (Å²) < 4.78 is 12.2. The lowest BCUT2D eigenvalue weighted by atomic mass is 9.81. The van der Waals surface area contributed by atoms with Crippen LogP contribution in [0.3, 0.4) is 0 Å². The predicted octanol–water partition coefficient (Wildman–Crippen LogP) is 10.9. The van der Waals surface area contributed by atoms with Crippen LogP contribution in [0.25, 0.3) is 89.5 Å². The van der Waals surface area contributed by atoms with Gasteiger partial charge in [-0.05, 0) is 63.7 Å². The Balaban J connectivity index is 1.22. The highest BCUT2D eigenvalue weighted by Gasteiger charge is 2.38. The Morgan fingerprint density at radius 1 is 0.510 bits per heavy atom. The highest BCUT2D eigenvalue weighted by Crippen LogP contribution is 2.52. The van der Waals surface area contributed by atoms with Crippen molar-refractivity contribution in [2.75, 3.05) is 0 Å². The summed E-state index contributed by atoms with van der Waals surface area (Å²) >= 11 is 0. The van der Waals surface area contributed by atoms with Gasteiger partial charge in [-0.3, -0.25) is 0 Å². The van der Waals surface area contributed by atoms with Crippen LogP contribution < -0.4 is 0 Å². The summed E-state index contributed by atoms with van der Waals surface area (Å²) in [5, 5.41) is 2.13.